The van der Waals surface area contributed by atoms with Gasteiger partial charge in [-0.15, -0.1) is 0 Å². The van der Waals surface area contributed by atoms with Crippen molar-refractivity contribution in [2.45, 2.75) is 52.9 Å². The van der Waals surface area contributed by atoms with Gasteiger partial charge < -0.3 is 15.5 Å². The molecule has 0 amide bonds. The number of rotatable bonds is 9. The van der Waals surface area contributed by atoms with Crippen LogP contribution in [0.4, 0.5) is 0 Å². The average molecular weight is 282 g/mol. The number of nitrogens with one attached hydrogen (secondary N) is 2. The molecule has 1 fully saturated rings. The number of guanidine groups is 1. The van der Waals surface area contributed by atoms with Crippen LogP contribution in [0.2, 0.25) is 0 Å². The highest BCUT2D eigenvalue weighted by atomic mass is 15.2. The summed E-state index contributed by atoms with van der Waals surface area (Å²) >= 11 is 0. The Morgan fingerprint density at radius 1 is 1.10 bits per heavy atom. The van der Waals surface area contributed by atoms with Crippen LogP contribution >= 0.6 is 0 Å². The largest absolute Gasteiger partial charge is 0.357 e. The minimum absolute atomic E-state index is 0.718. The molecule has 0 aromatic heterocycles. The van der Waals surface area contributed by atoms with Crippen molar-refractivity contribution in [1.29, 1.82) is 0 Å². The summed E-state index contributed by atoms with van der Waals surface area (Å²) in [4.78, 5) is 7.27. The smallest absolute Gasteiger partial charge is 0.191 e. The standard InChI is InChI=1S/C16H34N4/c1-4-15(5-2)14-19-16(17-6-3)18-10-9-13-20-11-7-8-12-20/h15H,4-14H2,1-3H3,(H2,17,18,19). The molecule has 0 aromatic carbocycles. The molecule has 1 aliphatic heterocycles. The summed E-state index contributed by atoms with van der Waals surface area (Å²) in [7, 11) is 0. The molecule has 2 N–H and O–H groups in total. The van der Waals surface area contributed by atoms with Crippen LogP contribution < -0.4 is 10.6 Å². The molecule has 20 heavy (non-hydrogen) atoms. The third-order valence-electron chi connectivity index (χ3n) is 4.15. The molecule has 118 valence electrons. The summed E-state index contributed by atoms with van der Waals surface area (Å²) in [6, 6.07) is 0. The molecule has 0 radical (unpaired) electrons. The Bertz CT molecular complexity index is 255. The second-order valence-corrected chi connectivity index (χ2v) is 5.73. The van der Waals surface area contributed by atoms with Crippen molar-refractivity contribution < 1.29 is 0 Å². The first kappa shape index (κ1) is 17.3. The van der Waals surface area contributed by atoms with Gasteiger partial charge in [-0.05, 0) is 51.7 Å². The number of hydrogen-bond acceptors (Lipinski definition) is 2. The number of nitrogens with zero attached hydrogens (tertiary/aromatic N) is 2. The summed E-state index contributed by atoms with van der Waals surface area (Å²) in [5.41, 5.74) is 0. The van der Waals surface area contributed by atoms with E-state index in [4.69, 9.17) is 4.99 Å². The lowest BCUT2D eigenvalue weighted by atomic mass is 10.0. The molecule has 0 aliphatic carbocycles. The molecule has 4 nitrogen and oxygen atoms in total. The first-order valence-corrected chi connectivity index (χ1v) is 8.54. The topological polar surface area (TPSA) is 39.7 Å². The van der Waals surface area contributed by atoms with Gasteiger partial charge in [-0.1, -0.05) is 26.7 Å². The van der Waals surface area contributed by atoms with Gasteiger partial charge in [0.2, 0.25) is 0 Å². The Labute approximate surface area is 125 Å². The van der Waals surface area contributed by atoms with Crippen LogP contribution in [0.15, 0.2) is 4.99 Å². The minimum atomic E-state index is 0.718. The Morgan fingerprint density at radius 2 is 1.80 bits per heavy atom. The first-order chi connectivity index (χ1) is 9.80. The molecular weight excluding hydrogens is 248 g/mol. The van der Waals surface area contributed by atoms with Gasteiger partial charge >= 0.3 is 0 Å². The van der Waals surface area contributed by atoms with Gasteiger partial charge in [0.1, 0.15) is 0 Å². The third kappa shape index (κ3) is 7.13. The van der Waals surface area contributed by atoms with Crippen molar-refractivity contribution in [1.82, 2.24) is 15.5 Å². The molecule has 0 atom stereocenters. The fourth-order valence-electron chi connectivity index (χ4n) is 2.62. The third-order valence-corrected chi connectivity index (χ3v) is 4.15. The predicted octanol–water partition coefficient (Wildman–Crippen LogP) is 2.46. The normalized spacial score (nSPS) is 16.9. The number of hydrogen-bond donors (Lipinski definition) is 2. The van der Waals surface area contributed by atoms with Gasteiger partial charge in [-0.3, -0.25) is 4.99 Å². The van der Waals surface area contributed by atoms with E-state index in [1.807, 2.05) is 0 Å². The SMILES string of the molecule is CCNC(=NCC(CC)CC)NCCCN1CCCC1. The van der Waals surface area contributed by atoms with Crippen molar-refractivity contribution in [3.05, 3.63) is 0 Å². The maximum absolute atomic E-state index is 4.71. The zero-order chi connectivity index (χ0) is 14.6. The van der Waals surface area contributed by atoms with Gasteiger partial charge in [0.15, 0.2) is 5.96 Å². The Balaban J connectivity index is 2.21. The summed E-state index contributed by atoms with van der Waals surface area (Å²) in [5.74, 6) is 1.70. The van der Waals surface area contributed by atoms with E-state index in [-0.39, 0.29) is 0 Å². The van der Waals surface area contributed by atoms with Gasteiger partial charge in [0.05, 0.1) is 0 Å². The Morgan fingerprint density at radius 3 is 2.40 bits per heavy atom. The lowest BCUT2D eigenvalue weighted by molar-refractivity contribution is 0.334. The molecule has 1 heterocycles. The van der Waals surface area contributed by atoms with Crippen molar-refractivity contribution >= 4 is 5.96 Å². The second-order valence-electron chi connectivity index (χ2n) is 5.73. The van der Waals surface area contributed by atoms with Crippen molar-refractivity contribution in [3.8, 4) is 0 Å². The van der Waals surface area contributed by atoms with E-state index < -0.39 is 0 Å². The van der Waals surface area contributed by atoms with Crippen molar-refractivity contribution in [3.63, 3.8) is 0 Å². The maximum Gasteiger partial charge on any atom is 0.191 e. The van der Waals surface area contributed by atoms with Crippen LogP contribution in [0, 0.1) is 5.92 Å². The van der Waals surface area contributed by atoms with E-state index >= 15 is 0 Å². The molecule has 4 heteroatoms. The Hall–Kier alpha value is -0.770. The van der Waals surface area contributed by atoms with E-state index in [0.717, 1.165) is 31.5 Å². The molecule has 1 rings (SSSR count). The fourth-order valence-corrected chi connectivity index (χ4v) is 2.62. The fraction of sp³-hybridized carbons (Fsp3) is 0.938. The average Bonchev–Trinajstić information content (AvgIpc) is 2.97. The molecule has 0 saturated carbocycles. The summed E-state index contributed by atoms with van der Waals surface area (Å²) in [6.45, 7) is 13.3. The molecule has 1 aliphatic rings. The van der Waals surface area contributed by atoms with E-state index in [1.54, 1.807) is 0 Å². The quantitative estimate of drug-likeness (QED) is 0.388. The van der Waals surface area contributed by atoms with E-state index in [2.05, 4.69) is 36.3 Å². The molecule has 0 aromatic rings. The van der Waals surface area contributed by atoms with Gasteiger partial charge in [-0.2, -0.15) is 0 Å². The Kier molecular flexibility index (Phi) is 9.46. The van der Waals surface area contributed by atoms with Crippen LogP contribution in [0.5, 0.6) is 0 Å². The number of likely N-dealkylation sites (tertiary alicyclic amines) is 1. The monoisotopic (exact) mass is 282 g/mol. The molecular formula is C16H34N4. The zero-order valence-electron chi connectivity index (χ0n) is 13.7. The van der Waals surface area contributed by atoms with Crippen LogP contribution in [0.1, 0.15) is 52.9 Å². The van der Waals surface area contributed by atoms with E-state index in [9.17, 15) is 0 Å². The van der Waals surface area contributed by atoms with Crippen LogP contribution in [-0.4, -0.2) is 50.1 Å². The van der Waals surface area contributed by atoms with Crippen molar-refractivity contribution in [2.75, 3.05) is 39.3 Å². The predicted molar refractivity (Wildman–Crippen MR) is 88.3 cm³/mol. The highest BCUT2D eigenvalue weighted by Gasteiger charge is 2.10. The molecule has 0 bridgehead atoms. The molecule has 0 spiro atoms. The van der Waals surface area contributed by atoms with Crippen LogP contribution in [-0.2, 0) is 0 Å². The highest BCUT2D eigenvalue weighted by molar-refractivity contribution is 5.79. The zero-order valence-corrected chi connectivity index (χ0v) is 13.7. The van der Waals surface area contributed by atoms with E-state index in [0.29, 0.717) is 0 Å². The van der Waals surface area contributed by atoms with Gasteiger partial charge in [0.25, 0.3) is 0 Å². The lowest BCUT2D eigenvalue weighted by Gasteiger charge is -2.16. The highest BCUT2D eigenvalue weighted by Crippen LogP contribution is 2.08. The first-order valence-electron chi connectivity index (χ1n) is 8.54. The summed E-state index contributed by atoms with van der Waals surface area (Å²) < 4.78 is 0. The second kappa shape index (κ2) is 11.0. The van der Waals surface area contributed by atoms with Crippen LogP contribution in [0.25, 0.3) is 0 Å². The number of aliphatic imine (C=N–C) groups is 1. The molecule has 1 saturated heterocycles. The van der Waals surface area contributed by atoms with Gasteiger partial charge in [0, 0.05) is 19.6 Å². The summed E-state index contributed by atoms with van der Waals surface area (Å²) in [6.07, 6.45) is 6.40. The maximum atomic E-state index is 4.71. The van der Waals surface area contributed by atoms with Gasteiger partial charge in [-0.25, -0.2) is 0 Å². The van der Waals surface area contributed by atoms with E-state index in [1.165, 1.54) is 51.7 Å². The molecule has 0 unspecified atom stereocenters. The lowest BCUT2D eigenvalue weighted by Crippen LogP contribution is -2.39. The summed E-state index contributed by atoms with van der Waals surface area (Å²) in [5, 5.41) is 6.80. The van der Waals surface area contributed by atoms with Crippen LogP contribution in [0.3, 0.4) is 0 Å². The minimum Gasteiger partial charge on any atom is -0.357 e. The van der Waals surface area contributed by atoms with Crippen molar-refractivity contribution in [2.24, 2.45) is 10.9 Å².